The van der Waals surface area contributed by atoms with Crippen LogP contribution in [0.25, 0.3) is 11.4 Å². The second-order valence-electron chi connectivity index (χ2n) is 7.64. The summed E-state index contributed by atoms with van der Waals surface area (Å²) in [5.41, 5.74) is 2.00. The van der Waals surface area contributed by atoms with Gasteiger partial charge in [0.05, 0.1) is 20.3 Å². The number of amides is 1. The van der Waals surface area contributed by atoms with E-state index in [1.807, 2.05) is 17.0 Å². The maximum Gasteiger partial charge on any atom is 0.227 e. The van der Waals surface area contributed by atoms with Crippen LogP contribution in [0.1, 0.15) is 33.7 Å². The summed E-state index contributed by atoms with van der Waals surface area (Å²) < 4.78 is 16.1. The van der Waals surface area contributed by atoms with Crippen molar-refractivity contribution in [1.29, 1.82) is 0 Å². The monoisotopic (exact) mass is 481 g/mol. The maximum absolute atomic E-state index is 13.3. The Bertz CT molecular complexity index is 1250. The number of aryl methyl sites for hydroxylation is 1. The molecule has 0 saturated carbocycles. The molecule has 3 aromatic heterocycles. The van der Waals surface area contributed by atoms with E-state index in [2.05, 4.69) is 33.0 Å². The normalized spacial score (nSPS) is 15.3. The molecule has 0 N–H and O–H groups in total. The number of methoxy groups -OCH3 is 2. The van der Waals surface area contributed by atoms with Gasteiger partial charge in [0.25, 0.3) is 0 Å². The topological polar surface area (TPSA) is 77.7 Å². The molecule has 1 aliphatic heterocycles. The summed E-state index contributed by atoms with van der Waals surface area (Å²) in [6.07, 6.45) is 1.60. The second kappa shape index (κ2) is 9.36. The molecule has 0 saturated heterocycles. The maximum atomic E-state index is 13.3. The first-order valence-electron chi connectivity index (χ1n) is 10.6. The van der Waals surface area contributed by atoms with Crippen LogP contribution < -0.4 is 9.47 Å². The highest BCUT2D eigenvalue weighted by Crippen LogP contribution is 2.40. The average Bonchev–Trinajstić information content (AvgIpc) is 3.62. The molecule has 0 fully saturated rings. The third-order valence-corrected chi connectivity index (χ3v) is 7.68. The lowest BCUT2D eigenvalue weighted by Gasteiger charge is -2.35. The van der Waals surface area contributed by atoms with Crippen molar-refractivity contribution in [2.75, 3.05) is 20.8 Å². The highest BCUT2D eigenvalue weighted by Gasteiger charge is 2.33. The number of fused-ring (bicyclic) bond motifs is 1. The minimum absolute atomic E-state index is 0.0162. The fourth-order valence-electron chi connectivity index (χ4n) is 4.15. The quantitative estimate of drug-likeness (QED) is 0.370. The number of benzene rings is 1. The van der Waals surface area contributed by atoms with Crippen molar-refractivity contribution in [3.63, 3.8) is 0 Å². The summed E-state index contributed by atoms with van der Waals surface area (Å²) in [5.74, 6) is 2.21. The fourth-order valence-corrected chi connectivity index (χ4v) is 5.90. The van der Waals surface area contributed by atoms with Crippen molar-refractivity contribution in [2.24, 2.45) is 0 Å². The SMILES string of the molecule is COc1ccc(-c2noc(CCC(=O)N3CCc4sccc4[C@H]3c3cccs3)n2)cc1OC. The van der Waals surface area contributed by atoms with Crippen molar-refractivity contribution in [3.05, 3.63) is 68.4 Å². The van der Waals surface area contributed by atoms with Crippen molar-refractivity contribution >= 4 is 28.6 Å². The molecule has 7 nitrogen and oxygen atoms in total. The lowest BCUT2D eigenvalue weighted by Crippen LogP contribution is -2.39. The molecular weight excluding hydrogens is 458 g/mol. The lowest BCUT2D eigenvalue weighted by molar-refractivity contribution is -0.133. The van der Waals surface area contributed by atoms with Gasteiger partial charge in [0.15, 0.2) is 11.5 Å². The van der Waals surface area contributed by atoms with E-state index in [9.17, 15) is 4.79 Å². The van der Waals surface area contributed by atoms with Crippen molar-refractivity contribution in [1.82, 2.24) is 15.0 Å². The molecule has 1 aliphatic rings. The Morgan fingerprint density at radius 3 is 2.82 bits per heavy atom. The Balaban J connectivity index is 1.29. The molecule has 4 aromatic rings. The molecule has 1 amide bonds. The molecule has 0 radical (unpaired) electrons. The number of aromatic nitrogens is 2. The average molecular weight is 482 g/mol. The van der Waals surface area contributed by atoms with E-state index < -0.39 is 0 Å². The van der Waals surface area contributed by atoms with Gasteiger partial charge in [-0.2, -0.15) is 4.98 Å². The van der Waals surface area contributed by atoms with Crippen LogP contribution in [0.4, 0.5) is 0 Å². The number of thiophene rings is 2. The van der Waals surface area contributed by atoms with Gasteiger partial charge in [0.1, 0.15) is 0 Å². The minimum Gasteiger partial charge on any atom is -0.493 e. The number of ether oxygens (including phenoxy) is 2. The Kier molecular flexibility index (Phi) is 6.15. The van der Waals surface area contributed by atoms with Crippen LogP contribution in [-0.4, -0.2) is 41.7 Å². The third-order valence-electron chi connectivity index (χ3n) is 5.76. The van der Waals surface area contributed by atoms with E-state index in [0.29, 0.717) is 36.1 Å². The fraction of sp³-hybridized carbons (Fsp3) is 0.292. The van der Waals surface area contributed by atoms with Crippen LogP contribution in [0.3, 0.4) is 0 Å². The first kappa shape index (κ1) is 21.7. The van der Waals surface area contributed by atoms with Crippen LogP contribution in [0.15, 0.2) is 51.7 Å². The molecule has 170 valence electrons. The molecule has 9 heteroatoms. The Hall–Kier alpha value is -3.17. The Labute approximate surface area is 199 Å². The zero-order valence-corrected chi connectivity index (χ0v) is 19.9. The minimum atomic E-state index is -0.0162. The van der Waals surface area contributed by atoms with Crippen LogP contribution >= 0.6 is 22.7 Å². The highest BCUT2D eigenvalue weighted by atomic mass is 32.1. The molecular formula is C24H23N3O4S2. The van der Waals surface area contributed by atoms with Crippen molar-refractivity contribution < 1.29 is 18.8 Å². The summed E-state index contributed by atoms with van der Waals surface area (Å²) in [6, 6.07) is 11.7. The van der Waals surface area contributed by atoms with Gasteiger partial charge in [-0.1, -0.05) is 11.2 Å². The van der Waals surface area contributed by atoms with E-state index in [4.69, 9.17) is 14.0 Å². The van der Waals surface area contributed by atoms with Gasteiger partial charge in [0.2, 0.25) is 17.6 Å². The number of hydrogen-bond donors (Lipinski definition) is 0. The van der Waals surface area contributed by atoms with E-state index in [1.54, 1.807) is 49.0 Å². The van der Waals surface area contributed by atoms with E-state index in [0.717, 1.165) is 18.5 Å². The largest absolute Gasteiger partial charge is 0.493 e. The zero-order valence-electron chi connectivity index (χ0n) is 18.3. The number of hydrogen-bond acceptors (Lipinski definition) is 8. The first-order valence-corrected chi connectivity index (χ1v) is 12.4. The summed E-state index contributed by atoms with van der Waals surface area (Å²) >= 11 is 3.46. The van der Waals surface area contributed by atoms with E-state index in [1.165, 1.54) is 15.3 Å². The molecule has 4 heterocycles. The summed E-state index contributed by atoms with van der Waals surface area (Å²) in [6.45, 7) is 0.718. The number of carbonyl (C=O) groups is 1. The molecule has 33 heavy (non-hydrogen) atoms. The van der Waals surface area contributed by atoms with Crippen molar-refractivity contribution in [2.45, 2.75) is 25.3 Å². The van der Waals surface area contributed by atoms with E-state index >= 15 is 0 Å². The van der Waals surface area contributed by atoms with Gasteiger partial charge in [-0.25, -0.2) is 0 Å². The van der Waals surface area contributed by atoms with Crippen LogP contribution in [0, 0.1) is 0 Å². The second-order valence-corrected chi connectivity index (χ2v) is 9.62. The van der Waals surface area contributed by atoms with Gasteiger partial charge in [0, 0.05) is 34.7 Å². The molecule has 1 aromatic carbocycles. The Morgan fingerprint density at radius 2 is 2.03 bits per heavy atom. The standard InChI is InChI=1S/C24H23N3O4S2/c1-29-17-6-5-15(14-18(17)30-2)24-25-21(31-26-24)7-8-22(28)27-11-9-19-16(10-13-33-19)23(27)20-4-3-12-32-20/h3-6,10,12-14,23H,7-9,11H2,1-2H3/t23-/m0/s1. The number of rotatable bonds is 7. The van der Waals surface area contributed by atoms with Gasteiger partial charge in [-0.05, 0) is 53.1 Å². The van der Waals surface area contributed by atoms with Crippen molar-refractivity contribution in [3.8, 4) is 22.9 Å². The smallest absolute Gasteiger partial charge is 0.227 e. The lowest BCUT2D eigenvalue weighted by atomic mass is 9.98. The zero-order chi connectivity index (χ0) is 22.8. The number of carbonyl (C=O) groups excluding carboxylic acids is 1. The van der Waals surface area contributed by atoms with Gasteiger partial charge < -0.3 is 18.9 Å². The molecule has 0 bridgehead atoms. The molecule has 5 rings (SSSR count). The molecule has 0 spiro atoms. The summed E-state index contributed by atoms with van der Waals surface area (Å²) in [7, 11) is 3.17. The third kappa shape index (κ3) is 4.26. The summed E-state index contributed by atoms with van der Waals surface area (Å²) in [5, 5.41) is 8.26. The van der Waals surface area contributed by atoms with E-state index in [-0.39, 0.29) is 11.9 Å². The first-order chi connectivity index (χ1) is 16.2. The summed E-state index contributed by atoms with van der Waals surface area (Å²) in [4.78, 5) is 22.3. The van der Waals surface area contributed by atoms with Gasteiger partial charge in [-0.3, -0.25) is 4.79 Å². The Morgan fingerprint density at radius 1 is 1.15 bits per heavy atom. The molecule has 0 aliphatic carbocycles. The van der Waals surface area contributed by atoms with Crippen LogP contribution in [-0.2, 0) is 17.6 Å². The predicted octanol–water partition coefficient (Wildman–Crippen LogP) is 4.98. The molecule has 1 atom stereocenters. The highest BCUT2D eigenvalue weighted by molar-refractivity contribution is 7.10. The molecule has 0 unspecified atom stereocenters. The van der Waals surface area contributed by atoms with Gasteiger partial charge in [-0.15, -0.1) is 22.7 Å². The predicted molar refractivity (Wildman–Crippen MR) is 127 cm³/mol. The van der Waals surface area contributed by atoms with Gasteiger partial charge >= 0.3 is 0 Å². The number of nitrogens with zero attached hydrogens (tertiary/aromatic N) is 3. The van der Waals surface area contributed by atoms with Crippen LogP contribution in [0.5, 0.6) is 11.5 Å². The van der Waals surface area contributed by atoms with Crippen LogP contribution in [0.2, 0.25) is 0 Å².